The van der Waals surface area contributed by atoms with Crippen molar-refractivity contribution in [1.29, 1.82) is 0 Å². The summed E-state index contributed by atoms with van der Waals surface area (Å²) in [5.74, 6) is 0.721. The number of H-pyrrole nitrogens is 2. The van der Waals surface area contributed by atoms with E-state index in [4.69, 9.17) is 4.74 Å². The van der Waals surface area contributed by atoms with E-state index >= 15 is 0 Å². The summed E-state index contributed by atoms with van der Waals surface area (Å²) in [5.41, 5.74) is 0.517. The summed E-state index contributed by atoms with van der Waals surface area (Å²) in [6.45, 7) is 0.188. The fourth-order valence-electron chi connectivity index (χ4n) is 2.01. The van der Waals surface area contributed by atoms with E-state index in [2.05, 4.69) is 15.0 Å². The van der Waals surface area contributed by atoms with Crippen molar-refractivity contribution in [3.8, 4) is 5.75 Å². The molecule has 0 amide bonds. The number of rotatable bonds is 3. The van der Waals surface area contributed by atoms with Gasteiger partial charge in [-0.3, -0.25) is 14.3 Å². The van der Waals surface area contributed by atoms with Crippen LogP contribution >= 0.6 is 0 Å². The second-order valence-electron chi connectivity index (χ2n) is 4.30. The zero-order valence-corrected chi connectivity index (χ0v) is 10.7. The van der Waals surface area contributed by atoms with Crippen LogP contribution in [0.4, 0.5) is 0 Å². The molecule has 0 aliphatic heterocycles. The highest BCUT2D eigenvalue weighted by atomic mass is 16.5. The molecular formula is C13H12N4O3. The van der Waals surface area contributed by atoms with Crippen molar-refractivity contribution in [2.24, 2.45) is 0 Å². The first-order valence-electron chi connectivity index (χ1n) is 5.98. The van der Waals surface area contributed by atoms with Crippen LogP contribution in [0.3, 0.4) is 0 Å². The highest BCUT2D eigenvalue weighted by molar-refractivity contribution is 5.67. The molecule has 7 nitrogen and oxygen atoms in total. The number of hydrogen-bond donors (Lipinski definition) is 2. The molecule has 3 aromatic rings. The minimum absolute atomic E-state index is 0.188. The molecule has 0 spiro atoms. The molecule has 0 fully saturated rings. The highest BCUT2D eigenvalue weighted by Gasteiger charge is 2.09. The summed E-state index contributed by atoms with van der Waals surface area (Å²) < 4.78 is 6.19. The van der Waals surface area contributed by atoms with E-state index < -0.39 is 11.2 Å². The first kappa shape index (κ1) is 12.2. The number of nitrogens with zero attached hydrogens (tertiary/aromatic N) is 2. The molecule has 2 heterocycles. The number of aromatic nitrogens is 4. The van der Waals surface area contributed by atoms with Crippen molar-refractivity contribution in [3.05, 3.63) is 57.0 Å². The molecule has 0 aliphatic carbocycles. The Morgan fingerprint density at radius 2 is 2.00 bits per heavy atom. The van der Waals surface area contributed by atoms with Gasteiger partial charge in [-0.05, 0) is 17.7 Å². The van der Waals surface area contributed by atoms with Crippen molar-refractivity contribution in [2.75, 3.05) is 7.11 Å². The Bertz CT molecular complexity index is 858. The minimum atomic E-state index is -0.481. The number of ether oxygens (including phenoxy) is 1. The lowest BCUT2D eigenvalue weighted by molar-refractivity contribution is 0.414. The Kier molecular flexibility index (Phi) is 2.86. The average Bonchev–Trinajstić information content (AvgIpc) is 2.92. The van der Waals surface area contributed by atoms with Gasteiger partial charge in [0.25, 0.3) is 5.56 Å². The molecule has 0 bridgehead atoms. The van der Waals surface area contributed by atoms with Gasteiger partial charge in [0.1, 0.15) is 11.3 Å². The predicted molar refractivity (Wildman–Crippen MR) is 73.1 cm³/mol. The fraction of sp³-hybridized carbons (Fsp3) is 0.154. The van der Waals surface area contributed by atoms with Crippen LogP contribution in [0.5, 0.6) is 5.75 Å². The Morgan fingerprint density at radius 1 is 1.25 bits per heavy atom. The average molecular weight is 272 g/mol. The van der Waals surface area contributed by atoms with E-state index in [9.17, 15) is 9.59 Å². The minimum Gasteiger partial charge on any atom is -0.497 e. The molecule has 0 atom stereocenters. The number of fused-ring (bicyclic) bond motifs is 1. The van der Waals surface area contributed by atoms with E-state index in [1.807, 2.05) is 12.1 Å². The van der Waals surface area contributed by atoms with Crippen LogP contribution in [0, 0.1) is 0 Å². The summed E-state index contributed by atoms with van der Waals surface area (Å²) in [5, 5.41) is 0. The number of hydrogen-bond acceptors (Lipinski definition) is 4. The summed E-state index contributed by atoms with van der Waals surface area (Å²) in [7, 11) is 1.58. The quantitative estimate of drug-likeness (QED) is 0.724. The van der Waals surface area contributed by atoms with E-state index in [1.54, 1.807) is 19.2 Å². The number of methoxy groups -OCH3 is 1. The monoisotopic (exact) mass is 272 g/mol. The Morgan fingerprint density at radius 3 is 2.70 bits per heavy atom. The van der Waals surface area contributed by atoms with Crippen molar-refractivity contribution in [2.45, 2.75) is 6.54 Å². The summed E-state index contributed by atoms with van der Waals surface area (Å²) in [4.78, 5) is 33.3. The smallest absolute Gasteiger partial charge is 0.330 e. The van der Waals surface area contributed by atoms with Crippen LogP contribution in [0.15, 0.2) is 40.2 Å². The van der Waals surface area contributed by atoms with Crippen LogP contribution < -0.4 is 16.0 Å². The first-order valence-corrected chi connectivity index (χ1v) is 5.98. The van der Waals surface area contributed by atoms with Crippen LogP contribution in [-0.2, 0) is 6.54 Å². The molecule has 1 aromatic carbocycles. The van der Waals surface area contributed by atoms with Crippen LogP contribution in [0.2, 0.25) is 0 Å². The fourth-order valence-corrected chi connectivity index (χ4v) is 2.01. The number of imidazole rings is 1. The number of aromatic amines is 2. The maximum Gasteiger partial charge on any atom is 0.330 e. The SMILES string of the molecule is COc1ccc(Cn2c(=O)[nH]c3nc[nH]c3c2=O)cc1. The van der Waals surface area contributed by atoms with Crippen molar-refractivity contribution in [3.63, 3.8) is 0 Å². The summed E-state index contributed by atoms with van der Waals surface area (Å²) in [6.07, 6.45) is 1.37. The molecule has 20 heavy (non-hydrogen) atoms. The molecule has 0 aliphatic rings. The third-order valence-corrected chi connectivity index (χ3v) is 3.07. The van der Waals surface area contributed by atoms with Crippen molar-refractivity contribution in [1.82, 2.24) is 19.5 Å². The van der Waals surface area contributed by atoms with E-state index in [1.165, 1.54) is 6.33 Å². The van der Waals surface area contributed by atoms with Gasteiger partial charge in [0.15, 0.2) is 5.65 Å². The standard InChI is InChI=1S/C13H12N4O3/c1-20-9-4-2-8(3-5-9)6-17-12(18)10-11(15-7-14-10)16-13(17)19/h2-5,7H,6H2,1H3,(H,14,15)(H,16,19). The largest absolute Gasteiger partial charge is 0.497 e. The molecule has 7 heteroatoms. The number of nitrogens with one attached hydrogen (secondary N) is 2. The Balaban J connectivity index is 2.05. The molecule has 3 rings (SSSR count). The Labute approximate surface area is 112 Å². The van der Waals surface area contributed by atoms with Gasteiger partial charge in [-0.1, -0.05) is 12.1 Å². The lowest BCUT2D eigenvalue weighted by atomic mass is 10.2. The third kappa shape index (κ3) is 1.99. The molecule has 2 aromatic heterocycles. The van der Waals surface area contributed by atoms with E-state index in [-0.39, 0.29) is 17.7 Å². The van der Waals surface area contributed by atoms with Crippen LogP contribution in [-0.4, -0.2) is 26.6 Å². The molecule has 0 unspecified atom stereocenters. The molecule has 0 radical (unpaired) electrons. The van der Waals surface area contributed by atoms with E-state index in [0.717, 1.165) is 15.9 Å². The van der Waals surface area contributed by atoms with Gasteiger partial charge in [-0.2, -0.15) is 0 Å². The van der Waals surface area contributed by atoms with Gasteiger partial charge in [0, 0.05) is 0 Å². The zero-order chi connectivity index (χ0) is 14.1. The van der Waals surface area contributed by atoms with Crippen LogP contribution in [0.25, 0.3) is 11.2 Å². The third-order valence-electron chi connectivity index (χ3n) is 3.07. The van der Waals surface area contributed by atoms with Crippen molar-refractivity contribution >= 4 is 11.2 Å². The highest BCUT2D eigenvalue weighted by Crippen LogP contribution is 2.11. The molecule has 0 saturated heterocycles. The lowest BCUT2D eigenvalue weighted by Gasteiger charge is -2.05. The van der Waals surface area contributed by atoms with E-state index in [0.29, 0.717) is 0 Å². The molecule has 102 valence electrons. The number of benzene rings is 1. The maximum atomic E-state index is 12.2. The summed E-state index contributed by atoms with van der Waals surface area (Å²) in [6, 6.07) is 7.18. The maximum absolute atomic E-state index is 12.2. The van der Waals surface area contributed by atoms with Gasteiger partial charge < -0.3 is 9.72 Å². The molecular weight excluding hydrogens is 260 g/mol. The Hall–Kier alpha value is -2.83. The molecule has 0 saturated carbocycles. The molecule has 2 N–H and O–H groups in total. The van der Waals surface area contributed by atoms with Gasteiger partial charge in [0.05, 0.1) is 20.0 Å². The second-order valence-corrected chi connectivity index (χ2v) is 4.30. The zero-order valence-electron chi connectivity index (χ0n) is 10.7. The normalized spacial score (nSPS) is 10.8. The predicted octanol–water partition coefficient (Wildman–Crippen LogP) is 0.470. The van der Waals surface area contributed by atoms with Gasteiger partial charge in [-0.25, -0.2) is 9.78 Å². The van der Waals surface area contributed by atoms with Crippen molar-refractivity contribution < 1.29 is 4.74 Å². The first-order chi connectivity index (χ1) is 9.69. The second kappa shape index (κ2) is 4.69. The van der Waals surface area contributed by atoms with Gasteiger partial charge in [-0.15, -0.1) is 0 Å². The van der Waals surface area contributed by atoms with Crippen LogP contribution in [0.1, 0.15) is 5.56 Å². The van der Waals surface area contributed by atoms with Gasteiger partial charge in [0.2, 0.25) is 0 Å². The summed E-state index contributed by atoms with van der Waals surface area (Å²) >= 11 is 0. The van der Waals surface area contributed by atoms with Gasteiger partial charge >= 0.3 is 5.69 Å². The topological polar surface area (TPSA) is 92.8 Å². The lowest BCUT2D eigenvalue weighted by Crippen LogP contribution is -2.35.